The molecule has 3 heteroatoms. The van der Waals surface area contributed by atoms with E-state index >= 15 is 0 Å². The van der Waals surface area contributed by atoms with Crippen molar-refractivity contribution in [3.05, 3.63) is 57.2 Å². The summed E-state index contributed by atoms with van der Waals surface area (Å²) >= 11 is 2.36. The van der Waals surface area contributed by atoms with Crippen LogP contribution in [0.3, 0.4) is 0 Å². The van der Waals surface area contributed by atoms with Gasteiger partial charge in [-0.1, -0.05) is 12.1 Å². The summed E-state index contributed by atoms with van der Waals surface area (Å²) in [5.41, 5.74) is 3.99. The topological polar surface area (TPSA) is 21.3 Å². The van der Waals surface area contributed by atoms with Gasteiger partial charge in [-0.2, -0.15) is 0 Å². The minimum Gasteiger partial charge on any atom is -0.497 e. The van der Waals surface area contributed by atoms with Crippen molar-refractivity contribution in [1.82, 2.24) is 0 Å². The van der Waals surface area contributed by atoms with Crippen LogP contribution in [0.2, 0.25) is 0 Å². The van der Waals surface area contributed by atoms with Gasteiger partial charge in [-0.05, 0) is 89.7 Å². The van der Waals surface area contributed by atoms with Crippen molar-refractivity contribution in [3.8, 4) is 5.75 Å². The zero-order valence-electron chi connectivity index (χ0n) is 12.4. The lowest BCUT2D eigenvalue weighted by Gasteiger charge is -2.37. The number of hydrogen-bond acceptors (Lipinski definition) is 2. The van der Waals surface area contributed by atoms with Crippen LogP contribution in [0.15, 0.2) is 42.5 Å². The van der Waals surface area contributed by atoms with E-state index in [0.717, 1.165) is 5.75 Å². The van der Waals surface area contributed by atoms with Crippen molar-refractivity contribution in [2.45, 2.75) is 31.7 Å². The van der Waals surface area contributed by atoms with Crippen molar-refractivity contribution >= 4 is 28.3 Å². The number of rotatable bonds is 4. The Labute approximate surface area is 140 Å². The predicted octanol–water partition coefficient (Wildman–Crippen LogP) is 4.97. The Hall–Kier alpha value is -1.23. The molecule has 0 aromatic heterocycles. The molecule has 1 N–H and O–H groups in total. The first-order valence-corrected chi connectivity index (χ1v) is 8.40. The molecule has 2 aromatic rings. The van der Waals surface area contributed by atoms with Crippen molar-refractivity contribution in [2.75, 3.05) is 12.4 Å². The fourth-order valence-electron chi connectivity index (χ4n) is 2.91. The first kappa shape index (κ1) is 14.7. The molecule has 1 saturated carbocycles. The number of nitrogens with one attached hydrogen (secondary N) is 1. The highest BCUT2D eigenvalue weighted by Crippen LogP contribution is 2.39. The zero-order chi connectivity index (χ0) is 14.8. The minimum atomic E-state index is 0.583. The fourth-order valence-corrected chi connectivity index (χ4v) is 3.56. The van der Waals surface area contributed by atoms with E-state index in [9.17, 15) is 0 Å². The third-order valence-electron chi connectivity index (χ3n) is 4.25. The van der Waals surface area contributed by atoms with E-state index in [2.05, 4.69) is 71.2 Å². The minimum absolute atomic E-state index is 0.583. The molecule has 2 nitrogen and oxygen atoms in total. The number of halogens is 1. The van der Waals surface area contributed by atoms with Crippen LogP contribution in [0.25, 0.3) is 0 Å². The van der Waals surface area contributed by atoms with E-state index in [1.54, 1.807) is 7.11 Å². The average Bonchev–Trinajstić information content (AvgIpc) is 2.44. The van der Waals surface area contributed by atoms with Gasteiger partial charge in [0.1, 0.15) is 5.75 Å². The molecule has 0 bridgehead atoms. The lowest BCUT2D eigenvalue weighted by atomic mass is 9.75. The highest BCUT2D eigenvalue weighted by molar-refractivity contribution is 14.1. The summed E-state index contributed by atoms with van der Waals surface area (Å²) in [6.45, 7) is 2.17. The van der Waals surface area contributed by atoms with E-state index in [-0.39, 0.29) is 0 Å². The standard InChI is InChI=1S/C18H20INO/c1-12-8-15(19)6-7-18(12)20-16-9-14(10-16)13-4-3-5-17(11-13)21-2/h3-8,11,14,16,20H,9-10H2,1-2H3. The van der Waals surface area contributed by atoms with Gasteiger partial charge in [0.05, 0.1) is 7.11 Å². The molecule has 0 atom stereocenters. The first-order chi connectivity index (χ1) is 10.2. The molecule has 1 fully saturated rings. The molecule has 0 aliphatic heterocycles. The van der Waals surface area contributed by atoms with E-state index in [0.29, 0.717) is 12.0 Å². The van der Waals surface area contributed by atoms with Crippen molar-refractivity contribution in [3.63, 3.8) is 0 Å². The van der Waals surface area contributed by atoms with Gasteiger partial charge in [0.25, 0.3) is 0 Å². The van der Waals surface area contributed by atoms with E-state index < -0.39 is 0 Å². The van der Waals surface area contributed by atoms with Crippen LogP contribution < -0.4 is 10.1 Å². The van der Waals surface area contributed by atoms with Gasteiger partial charge in [0, 0.05) is 15.3 Å². The van der Waals surface area contributed by atoms with Gasteiger partial charge >= 0.3 is 0 Å². The summed E-state index contributed by atoms with van der Waals surface area (Å²) in [5.74, 6) is 1.61. The highest BCUT2D eigenvalue weighted by atomic mass is 127. The second-order valence-corrected chi connectivity index (χ2v) is 6.99. The number of aryl methyl sites for hydroxylation is 1. The molecule has 2 aromatic carbocycles. The van der Waals surface area contributed by atoms with Crippen LogP contribution in [0.1, 0.15) is 29.9 Å². The largest absolute Gasteiger partial charge is 0.497 e. The van der Waals surface area contributed by atoms with Crippen LogP contribution >= 0.6 is 22.6 Å². The summed E-state index contributed by atoms with van der Waals surface area (Å²) < 4.78 is 6.60. The molecule has 1 aliphatic rings. The number of anilines is 1. The molecule has 0 unspecified atom stereocenters. The summed E-state index contributed by atoms with van der Waals surface area (Å²) in [7, 11) is 1.73. The number of methoxy groups -OCH3 is 1. The summed E-state index contributed by atoms with van der Waals surface area (Å²) in [6.07, 6.45) is 2.39. The van der Waals surface area contributed by atoms with Gasteiger partial charge in [0.15, 0.2) is 0 Å². The normalized spacial score (nSPS) is 20.7. The summed E-state index contributed by atoms with van der Waals surface area (Å²) in [4.78, 5) is 0. The van der Waals surface area contributed by atoms with Gasteiger partial charge in [-0.15, -0.1) is 0 Å². The quantitative estimate of drug-likeness (QED) is 0.741. The Morgan fingerprint density at radius 3 is 2.67 bits per heavy atom. The summed E-state index contributed by atoms with van der Waals surface area (Å²) in [6, 6.07) is 15.6. The maximum absolute atomic E-state index is 5.31. The Bertz CT molecular complexity index is 635. The number of hydrogen-bond donors (Lipinski definition) is 1. The predicted molar refractivity (Wildman–Crippen MR) is 96.3 cm³/mol. The van der Waals surface area contributed by atoms with E-state index in [1.165, 1.54) is 33.2 Å². The third kappa shape index (κ3) is 3.34. The molecule has 0 radical (unpaired) electrons. The zero-order valence-corrected chi connectivity index (χ0v) is 14.6. The summed E-state index contributed by atoms with van der Waals surface area (Å²) in [5, 5.41) is 3.67. The van der Waals surface area contributed by atoms with E-state index in [1.807, 2.05) is 6.07 Å². The van der Waals surface area contributed by atoms with Gasteiger partial charge in [0.2, 0.25) is 0 Å². The Kier molecular flexibility index (Phi) is 4.38. The first-order valence-electron chi connectivity index (χ1n) is 7.32. The molecule has 0 saturated heterocycles. The van der Waals surface area contributed by atoms with Crippen LogP contribution in [0, 0.1) is 10.5 Å². The lowest BCUT2D eigenvalue weighted by molar-refractivity contribution is 0.370. The monoisotopic (exact) mass is 393 g/mol. The molecule has 0 amide bonds. The molecule has 1 aliphatic carbocycles. The molecular formula is C18H20INO. The van der Waals surface area contributed by atoms with Crippen molar-refractivity contribution < 1.29 is 4.74 Å². The highest BCUT2D eigenvalue weighted by Gasteiger charge is 2.30. The van der Waals surface area contributed by atoms with Gasteiger partial charge in [-0.25, -0.2) is 0 Å². The van der Waals surface area contributed by atoms with E-state index in [4.69, 9.17) is 4.74 Å². The van der Waals surface area contributed by atoms with Gasteiger partial charge in [-0.3, -0.25) is 0 Å². The maximum Gasteiger partial charge on any atom is 0.119 e. The van der Waals surface area contributed by atoms with Crippen LogP contribution in [0.5, 0.6) is 5.75 Å². The van der Waals surface area contributed by atoms with Crippen molar-refractivity contribution in [1.29, 1.82) is 0 Å². The molecule has 110 valence electrons. The maximum atomic E-state index is 5.31. The molecule has 21 heavy (non-hydrogen) atoms. The Morgan fingerprint density at radius 2 is 1.95 bits per heavy atom. The van der Waals surface area contributed by atoms with Crippen LogP contribution in [-0.2, 0) is 0 Å². The third-order valence-corrected chi connectivity index (χ3v) is 4.92. The molecule has 0 heterocycles. The SMILES string of the molecule is COc1cccc(C2CC(Nc3ccc(I)cc3C)C2)c1. The fraction of sp³-hybridized carbons (Fsp3) is 0.333. The second-order valence-electron chi connectivity index (χ2n) is 5.75. The Morgan fingerprint density at radius 1 is 1.14 bits per heavy atom. The smallest absolute Gasteiger partial charge is 0.119 e. The van der Waals surface area contributed by atoms with Crippen LogP contribution in [-0.4, -0.2) is 13.2 Å². The lowest BCUT2D eigenvalue weighted by Crippen LogP contribution is -2.34. The number of ether oxygens (including phenoxy) is 1. The average molecular weight is 393 g/mol. The van der Waals surface area contributed by atoms with Crippen molar-refractivity contribution in [2.24, 2.45) is 0 Å². The second kappa shape index (κ2) is 6.26. The number of benzene rings is 2. The van der Waals surface area contributed by atoms with Gasteiger partial charge < -0.3 is 10.1 Å². The molecule has 0 spiro atoms. The van der Waals surface area contributed by atoms with Crippen LogP contribution in [0.4, 0.5) is 5.69 Å². The molecule has 3 rings (SSSR count). The Balaban J connectivity index is 1.60. The molecular weight excluding hydrogens is 373 g/mol.